The Labute approximate surface area is 173 Å². The van der Waals surface area contributed by atoms with Crippen molar-refractivity contribution in [3.05, 3.63) is 58.6 Å². The molecule has 8 heteroatoms. The number of nitrogens with one attached hydrogen (secondary N) is 1. The molecule has 0 aliphatic carbocycles. The van der Waals surface area contributed by atoms with Crippen molar-refractivity contribution in [2.75, 3.05) is 25.0 Å². The highest BCUT2D eigenvalue weighted by Gasteiger charge is 2.18. The van der Waals surface area contributed by atoms with E-state index in [2.05, 4.69) is 5.32 Å². The first-order valence-corrected chi connectivity index (χ1v) is 9.60. The monoisotopic (exact) mass is 424 g/mol. The molecule has 2 amide bonds. The molecule has 0 heterocycles. The first-order chi connectivity index (χ1) is 13.8. The maximum atomic E-state index is 13.6. The summed E-state index contributed by atoms with van der Waals surface area (Å²) >= 11 is 5.96. The number of hydrogen-bond donors (Lipinski definition) is 1. The highest BCUT2D eigenvalue weighted by Crippen LogP contribution is 2.21. The quantitative estimate of drug-likeness (QED) is 0.600. The zero-order valence-electron chi connectivity index (χ0n) is 16.3. The van der Waals surface area contributed by atoms with Crippen LogP contribution in [0.15, 0.2) is 36.4 Å². The van der Waals surface area contributed by atoms with Crippen molar-refractivity contribution < 1.29 is 23.1 Å². The number of anilines is 1. The second-order valence-corrected chi connectivity index (χ2v) is 6.82. The Morgan fingerprint density at radius 3 is 2.48 bits per heavy atom. The summed E-state index contributed by atoms with van der Waals surface area (Å²) in [5.74, 6) is -1.99. The van der Waals surface area contributed by atoms with Gasteiger partial charge in [-0.15, -0.1) is 0 Å². The molecule has 2 aromatic rings. The third-order valence-electron chi connectivity index (χ3n) is 4.23. The number of carbonyl (C=O) groups is 2. The molecule has 156 valence electrons. The molecule has 2 rings (SSSR count). The van der Waals surface area contributed by atoms with Gasteiger partial charge in [-0.2, -0.15) is 0 Å². The van der Waals surface area contributed by atoms with Gasteiger partial charge in [0.05, 0.1) is 13.2 Å². The molecule has 0 aromatic heterocycles. The largest absolute Gasteiger partial charge is 0.494 e. The number of para-hydroxylation sites is 1. The zero-order chi connectivity index (χ0) is 21.4. The van der Waals surface area contributed by atoms with Crippen molar-refractivity contribution in [1.29, 1.82) is 0 Å². The third-order valence-corrected chi connectivity index (χ3v) is 4.65. The molecular weight excluding hydrogens is 402 g/mol. The van der Waals surface area contributed by atoms with Crippen LogP contribution in [0.4, 0.5) is 14.5 Å². The normalized spacial score (nSPS) is 10.5. The molecule has 0 saturated heterocycles. The van der Waals surface area contributed by atoms with Gasteiger partial charge >= 0.3 is 0 Å². The van der Waals surface area contributed by atoms with E-state index in [9.17, 15) is 18.4 Å². The van der Waals surface area contributed by atoms with E-state index in [1.807, 2.05) is 13.0 Å². The Morgan fingerprint density at radius 1 is 1.17 bits per heavy atom. The second kappa shape index (κ2) is 10.8. The number of hydrogen-bond acceptors (Lipinski definition) is 3. The van der Waals surface area contributed by atoms with E-state index in [0.717, 1.165) is 17.7 Å². The van der Waals surface area contributed by atoms with Gasteiger partial charge < -0.3 is 15.0 Å². The van der Waals surface area contributed by atoms with Crippen LogP contribution in [-0.2, 0) is 9.59 Å². The SMILES string of the molecule is CCN(CC(=O)Nc1c(F)cccc1F)C(=O)CCCOc1ccc(Cl)c(C)c1. The standard InChI is InChI=1S/C21H23ClF2N2O3/c1-3-26(13-19(27)25-21-17(23)6-4-7-18(21)24)20(28)8-5-11-29-15-9-10-16(22)14(2)12-15/h4,6-7,9-10,12H,3,5,8,11,13H2,1-2H3,(H,25,27). The lowest BCUT2D eigenvalue weighted by Crippen LogP contribution is -2.38. The van der Waals surface area contributed by atoms with Crippen molar-refractivity contribution >= 4 is 29.1 Å². The van der Waals surface area contributed by atoms with Crippen LogP contribution in [0.25, 0.3) is 0 Å². The molecule has 0 bridgehead atoms. The summed E-state index contributed by atoms with van der Waals surface area (Å²) < 4.78 is 32.8. The fourth-order valence-electron chi connectivity index (χ4n) is 2.62. The summed E-state index contributed by atoms with van der Waals surface area (Å²) in [4.78, 5) is 25.7. The Morgan fingerprint density at radius 2 is 1.86 bits per heavy atom. The smallest absolute Gasteiger partial charge is 0.244 e. The van der Waals surface area contributed by atoms with E-state index in [4.69, 9.17) is 16.3 Å². The molecule has 0 saturated carbocycles. The molecule has 2 aromatic carbocycles. The topological polar surface area (TPSA) is 58.6 Å². The first kappa shape index (κ1) is 22.6. The number of likely N-dealkylation sites (N-methyl/N-ethyl adjacent to an activating group) is 1. The summed E-state index contributed by atoms with van der Waals surface area (Å²) in [6.07, 6.45) is 0.641. The predicted octanol–water partition coefficient (Wildman–Crippen LogP) is 4.57. The van der Waals surface area contributed by atoms with Crippen molar-refractivity contribution in [3.8, 4) is 5.75 Å². The van der Waals surface area contributed by atoms with Crippen LogP contribution < -0.4 is 10.1 Å². The zero-order valence-corrected chi connectivity index (χ0v) is 17.1. The maximum Gasteiger partial charge on any atom is 0.244 e. The average Bonchev–Trinajstić information content (AvgIpc) is 2.68. The van der Waals surface area contributed by atoms with Gasteiger partial charge in [0.25, 0.3) is 0 Å². The van der Waals surface area contributed by atoms with Crippen molar-refractivity contribution in [3.63, 3.8) is 0 Å². The molecule has 5 nitrogen and oxygen atoms in total. The van der Waals surface area contributed by atoms with E-state index in [1.54, 1.807) is 19.1 Å². The van der Waals surface area contributed by atoms with E-state index >= 15 is 0 Å². The molecular formula is C21H23ClF2N2O3. The number of halogens is 3. The Bertz CT molecular complexity index is 857. The van der Waals surface area contributed by atoms with Crippen LogP contribution in [0.3, 0.4) is 0 Å². The fourth-order valence-corrected chi connectivity index (χ4v) is 2.74. The molecule has 0 spiro atoms. The summed E-state index contributed by atoms with van der Waals surface area (Å²) in [6.45, 7) is 3.93. The lowest BCUT2D eigenvalue weighted by atomic mass is 10.2. The Hall–Kier alpha value is -2.67. The van der Waals surface area contributed by atoms with Gasteiger partial charge in [-0.3, -0.25) is 9.59 Å². The van der Waals surface area contributed by atoms with Gasteiger partial charge in [-0.25, -0.2) is 8.78 Å². The van der Waals surface area contributed by atoms with Crippen LogP contribution in [-0.4, -0.2) is 36.4 Å². The third kappa shape index (κ3) is 6.71. The van der Waals surface area contributed by atoms with E-state index in [0.29, 0.717) is 30.3 Å². The minimum absolute atomic E-state index is 0.182. The van der Waals surface area contributed by atoms with E-state index < -0.39 is 23.2 Å². The lowest BCUT2D eigenvalue weighted by Gasteiger charge is -2.20. The van der Waals surface area contributed by atoms with Gasteiger partial charge in [0.15, 0.2) is 0 Å². The highest BCUT2D eigenvalue weighted by atomic mass is 35.5. The summed E-state index contributed by atoms with van der Waals surface area (Å²) in [5.41, 5.74) is 0.377. The number of aryl methyl sites for hydroxylation is 1. The van der Waals surface area contributed by atoms with Crippen LogP contribution in [0.1, 0.15) is 25.3 Å². The van der Waals surface area contributed by atoms with Gasteiger partial charge in [0.2, 0.25) is 11.8 Å². The summed E-state index contributed by atoms with van der Waals surface area (Å²) in [7, 11) is 0. The molecule has 1 N–H and O–H groups in total. The molecule has 29 heavy (non-hydrogen) atoms. The lowest BCUT2D eigenvalue weighted by molar-refractivity contribution is -0.134. The number of carbonyl (C=O) groups excluding carboxylic acids is 2. The molecule has 0 aliphatic heterocycles. The van der Waals surface area contributed by atoms with Crippen molar-refractivity contribution in [2.24, 2.45) is 0 Å². The highest BCUT2D eigenvalue weighted by molar-refractivity contribution is 6.31. The van der Waals surface area contributed by atoms with Crippen LogP contribution in [0.5, 0.6) is 5.75 Å². The minimum Gasteiger partial charge on any atom is -0.494 e. The van der Waals surface area contributed by atoms with Gasteiger partial charge in [0.1, 0.15) is 23.1 Å². The molecule has 0 radical (unpaired) electrons. The first-order valence-electron chi connectivity index (χ1n) is 9.22. The molecule has 0 unspecified atom stereocenters. The number of rotatable bonds is 9. The predicted molar refractivity (Wildman–Crippen MR) is 108 cm³/mol. The summed E-state index contributed by atoms with van der Waals surface area (Å²) in [6, 6.07) is 8.60. The van der Waals surface area contributed by atoms with Crippen LogP contribution >= 0.6 is 11.6 Å². The number of ether oxygens (including phenoxy) is 1. The Kier molecular flexibility index (Phi) is 8.39. The van der Waals surface area contributed by atoms with Gasteiger partial charge in [0, 0.05) is 18.0 Å². The van der Waals surface area contributed by atoms with E-state index in [-0.39, 0.29) is 18.9 Å². The molecule has 0 atom stereocenters. The number of nitrogens with zero attached hydrogens (tertiary/aromatic N) is 1. The number of benzene rings is 2. The van der Waals surface area contributed by atoms with Crippen LogP contribution in [0.2, 0.25) is 5.02 Å². The van der Waals surface area contributed by atoms with E-state index in [1.165, 1.54) is 11.0 Å². The molecule has 0 aliphatic rings. The van der Waals surface area contributed by atoms with Crippen LogP contribution in [0, 0.1) is 18.6 Å². The minimum atomic E-state index is -0.873. The van der Waals surface area contributed by atoms with Crippen molar-refractivity contribution in [2.45, 2.75) is 26.7 Å². The molecule has 0 fully saturated rings. The summed E-state index contributed by atoms with van der Waals surface area (Å²) in [5, 5.41) is 2.83. The Balaban J connectivity index is 1.80. The average molecular weight is 425 g/mol. The van der Waals surface area contributed by atoms with Gasteiger partial charge in [-0.1, -0.05) is 17.7 Å². The van der Waals surface area contributed by atoms with Gasteiger partial charge in [-0.05, 0) is 56.2 Å². The fraction of sp³-hybridized carbons (Fsp3) is 0.333. The maximum absolute atomic E-state index is 13.6. The van der Waals surface area contributed by atoms with Crippen molar-refractivity contribution in [1.82, 2.24) is 4.90 Å². The second-order valence-electron chi connectivity index (χ2n) is 6.42. The number of amides is 2.